The fourth-order valence-corrected chi connectivity index (χ4v) is 3.92. The standard InChI is InChI=1S/C13H14Cl3N3OS/c1-7(20)18-12(13(14,15)16)19-11-9(6-17)8-4-2-3-5-10(8)21-11/h12,19H,2-5H2,1H3,(H,18,20)/t12-/m1/s1. The fourth-order valence-electron chi connectivity index (χ4n) is 2.32. The lowest BCUT2D eigenvalue weighted by Crippen LogP contribution is -2.48. The van der Waals surface area contributed by atoms with Gasteiger partial charge in [-0.25, -0.2) is 0 Å². The zero-order chi connectivity index (χ0) is 15.6. The number of nitrogens with zero attached hydrogens (tertiary/aromatic N) is 1. The summed E-state index contributed by atoms with van der Waals surface area (Å²) in [4.78, 5) is 12.5. The zero-order valence-electron chi connectivity index (χ0n) is 11.3. The normalized spacial score (nSPS) is 15.8. The number of nitrogens with one attached hydrogen (secondary N) is 2. The second kappa shape index (κ2) is 6.62. The van der Waals surface area contributed by atoms with Gasteiger partial charge in [0, 0.05) is 11.8 Å². The molecule has 0 unspecified atom stereocenters. The van der Waals surface area contributed by atoms with Gasteiger partial charge in [-0.15, -0.1) is 11.3 Å². The first-order valence-electron chi connectivity index (χ1n) is 6.48. The van der Waals surface area contributed by atoms with Crippen LogP contribution in [0.3, 0.4) is 0 Å². The van der Waals surface area contributed by atoms with Crippen molar-refractivity contribution in [2.45, 2.75) is 42.6 Å². The van der Waals surface area contributed by atoms with Crippen LogP contribution >= 0.6 is 46.1 Å². The van der Waals surface area contributed by atoms with E-state index < -0.39 is 9.96 Å². The van der Waals surface area contributed by atoms with Gasteiger partial charge in [0.05, 0.1) is 5.56 Å². The van der Waals surface area contributed by atoms with Gasteiger partial charge in [0.2, 0.25) is 9.70 Å². The highest BCUT2D eigenvalue weighted by Crippen LogP contribution is 2.39. The molecule has 0 aliphatic heterocycles. The minimum absolute atomic E-state index is 0.321. The molecule has 21 heavy (non-hydrogen) atoms. The number of amides is 1. The van der Waals surface area contributed by atoms with Crippen molar-refractivity contribution >= 4 is 57.0 Å². The van der Waals surface area contributed by atoms with Crippen molar-refractivity contribution in [1.82, 2.24) is 5.32 Å². The van der Waals surface area contributed by atoms with Crippen LogP contribution in [0.5, 0.6) is 0 Å². The lowest BCUT2D eigenvalue weighted by molar-refractivity contribution is -0.119. The van der Waals surface area contributed by atoms with Crippen LogP contribution in [-0.2, 0) is 17.6 Å². The van der Waals surface area contributed by atoms with Gasteiger partial charge in [0.25, 0.3) is 0 Å². The monoisotopic (exact) mass is 365 g/mol. The molecule has 0 fully saturated rings. The second-order valence-electron chi connectivity index (χ2n) is 4.85. The summed E-state index contributed by atoms with van der Waals surface area (Å²) in [5.74, 6) is -0.321. The molecular formula is C13H14Cl3N3OS. The Morgan fingerprint density at radius 2 is 2.05 bits per heavy atom. The Balaban J connectivity index is 2.31. The summed E-state index contributed by atoms with van der Waals surface area (Å²) in [6, 6.07) is 2.22. The van der Waals surface area contributed by atoms with Crippen LogP contribution < -0.4 is 10.6 Å². The second-order valence-corrected chi connectivity index (χ2v) is 8.32. The number of fused-ring (bicyclic) bond motifs is 1. The minimum Gasteiger partial charge on any atom is -0.352 e. The van der Waals surface area contributed by atoms with Crippen LogP contribution in [0.15, 0.2) is 0 Å². The van der Waals surface area contributed by atoms with Crippen molar-refractivity contribution in [3.05, 3.63) is 16.0 Å². The molecule has 1 atom stereocenters. The van der Waals surface area contributed by atoms with E-state index in [2.05, 4.69) is 16.7 Å². The molecule has 1 heterocycles. The molecule has 0 bridgehead atoms. The van der Waals surface area contributed by atoms with E-state index in [4.69, 9.17) is 34.8 Å². The van der Waals surface area contributed by atoms with Gasteiger partial charge in [0.1, 0.15) is 17.2 Å². The van der Waals surface area contributed by atoms with Crippen molar-refractivity contribution in [2.24, 2.45) is 0 Å². The highest BCUT2D eigenvalue weighted by atomic mass is 35.6. The average molecular weight is 367 g/mol. The maximum Gasteiger partial charge on any atom is 0.228 e. The van der Waals surface area contributed by atoms with Crippen LogP contribution in [0.2, 0.25) is 0 Å². The number of thiophene rings is 1. The first-order chi connectivity index (χ1) is 9.82. The van der Waals surface area contributed by atoms with Crippen molar-refractivity contribution in [1.29, 1.82) is 5.26 Å². The van der Waals surface area contributed by atoms with E-state index in [9.17, 15) is 10.1 Å². The molecule has 1 amide bonds. The quantitative estimate of drug-likeness (QED) is 0.632. The Bertz CT molecular complexity index is 589. The zero-order valence-corrected chi connectivity index (χ0v) is 14.4. The lowest BCUT2D eigenvalue weighted by Gasteiger charge is -2.26. The molecule has 2 N–H and O–H groups in total. The summed E-state index contributed by atoms with van der Waals surface area (Å²) < 4.78 is -1.72. The maximum absolute atomic E-state index is 11.3. The van der Waals surface area contributed by atoms with Gasteiger partial charge in [-0.1, -0.05) is 34.8 Å². The van der Waals surface area contributed by atoms with Crippen molar-refractivity contribution in [3.63, 3.8) is 0 Å². The number of nitriles is 1. The molecule has 4 nitrogen and oxygen atoms in total. The topological polar surface area (TPSA) is 64.9 Å². The first-order valence-corrected chi connectivity index (χ1v) is 8.43. The molecule has 1 aliphatic rings. The van der Waals surface area contributed by atoms with Crippen molar-refractivity contribution in [2.75, 3.05) is 5.32 Å². The molecule has 1 aromatic heterocycles. The number of hydrogen-bond acceptors (Lipinski definition) is 4. The van der Waals surface area contributed by atoms with Crippen LogP contribution in [0.4, 0.5) is 5.00 Å². The minimum atomic E-state index is -1.72. The summed E-state index contributed by atoms with van der Waals surface area (Å²) in [6.07, 6.45) is 3.17. The van der Waals surface area contributed by atoms with E-state index in [1.165, 1.54) is 23.1 Å². The Hall–Kier alpha value is -0.670. The number of halogens is 3. The maximum atomic E-state index is 11.3. The van der Waals surface area contributed by atoms with E-state index in [0.717, 1.165) is 31.2 Å². The number of carbonyl (C=O) groups excluding carboxylic acids is 1. The number of hydrogen-bond donors (Lipinski definition) is 2. The Kier molecular flexibility index (Phi) is 5.26. The van der Waals surface area contributed by atoms with E-state index in [0.29, 0.717) is 10.6 Å². The first kappa shape index (κ1) is 16.7. The van der Waals surface area contributed by atoms with Crippen molar-refractivity contribution < 1.29 is 4.79 Å². The molecule has 0 aromatic carbocycles. The van der Waals surface area contributed by atoms with Crippen LogP contribution in [-0.4, -0.2) is 15.9 Å². The molecule has 1 aromatic rings. The number of aryl methyl sites for hydroxylation is 1. The predicted molar refractivity (Wildman–Crippen MR) is 87.2 cm³/mol. The van der Waals surface area contributed by atoms with E-state index in [-0.39, 0.29) is 5.91 Å². The van der Waals surface area contributed by atoms with Crippen LogP contribution in [0, 0.1) is 11.3 Å². The van der Waals surface area contributed by atoms with Gasteiger partial charge in [0.15, 0.2) is 0 Å². The van der Waals surface area contributed by atoms with Gasteiger partial charge in [-0.05, 0) is 31.2 Å². The number of carbonyl (C=O) groups is 1. The molecule has 0 radical (unpaired) electrons. The van der Waals surface area contributed by atoms with Crippen LogP contribution in [0.25, 0.3) is 0 Å². The van der Waals surface area contributed by atoms with Gasteiger partial charge in [-0.2, -0.15) is 5.26 Å². The SMILES string of the molecule is CC(=O)N[C@H](Nc1sc2c(c1C#N)CCCC2)C(Cl)(Cl)Cl. The molecule has 0 saturated carbocycles. The predicted octanol–water partition coefficient (Wildman–Crippen LogP) is 3.74. The molecule has 2 rings (SSSR count). The lowest BCUT2D eigenvalue weighted by atomic mass is 9.96. The third-order valence-electron chi connectivity index (χ3n) is 3.23. The molecule has 0 spiro atoms. The summed E-state index contributed by atoms with van der Waals surface area (Å²) in [5, 5.41) is 15.6. The number of alkyl halides is 3. The summed E-state index contributed by atoms with van der Waals surface area (Å²) in [6.45, 7) is 1.34. The Morgan fingerprint density at radius 1 is 1.38 bits per heavy atom. The number of rotatable bonds is 3. The highest BCUT2D eigenvalue weighted by Gasteiger charge is 2.35. The van der Waals surface area contributed by atoms with Crippen LogP contribution in [0.1, 0.15) is 35.8 Å². The summed E-state index contributed by atoms with van der Waals surface area (Å²) in [5.41, 5.74) is 1.68. The van der Waals surface area contributed by atoms with E-state index >= 15 is 0 Å². The van der Waals surface area contributed by atoms with Gasteiger partial charge >= 0.3 is 0 Å². The van der Waals surface area contributed by atoms with Gasteiger partial charge < -0.3 is 10.6 Å². The fraction of sp³-hybridized carbons (Fsp3) is 0.538. The Morgan fingerprint density at radius 3 is 2.62 bits per heavy atom. The van der Waals surface area contributed by atoms with Gasteiger partial charge in [-0.3, -0.25) is 4.79 Å². The largest absolute Gasteiger partial charge is 0.352 e. The van der Waals surface area contributed by atoms with Crippen molar-refractivity contribution in [3.8, 4) is 6.07 Å². The molecule has 1 aliphatic carbocycles. The average Bonchev–Trinajstić information content (AvgIpc) is 2.73. The highest BCUT2D eigenvalue weighted by molar-refractivity contribution is 7.16. The third kappa shape index (κ3) is 3.95. The molecular weight excluding hydrogens is 353 g/mol. The smallest absolute Gasteiger partial charge is 0.228 e. The van der Waals surface area contributed by atoms with E-state index in [1.54, 1.807) is 0 Å². The summed E-state index contributed by atoms with van der Waals surface area (Å²) >= 11 is 19.2. The third-order valence-corrected chi connectivity index (χ3v) is 5.11. The summed E-state index contributed by atoms with van der Waals surface area (Å²) in [7, 11) is 0. The van der Waals surface area contributed by atoms with E-state index in [1.807, 2.05) is 0 Å². The number of anilines is 1. The molecule has 114 valence electrons. The Labute approximate surface area is 142 Å². The molecule has 0 saturated heterocycles. The molecule has 8 heteroatoms.